The zero-order valence-corrected chi connectivity index (χ0v) is 22.5. The van der Waals surface area contributed by atoms with Crippen molar-refractivity contribution in [3.63, 3.8) is 0 Å². The van der Waals surface area contributed by atoms with Crippen molar-refractivity contribution in [3.8, 4) is 0 Å². The number of hydrogen-bond acceptors (Lipinski definition) is 3. The summed E-state index contributed by atoms with van der Waals surface area (Å²) in [7, 11) is -3.67. The lowest BCUT2D eigenvalue weighted by molar-refractivity contribution is 0.358. The van der Waals surface area contributed by atoms with E-state index < -0.39 is 10.0 Å². The van der Waals surface area contributed by atoms with E-state index in [0.29, 0.717) is 33.1 Å². The lowest BCUT2D eigenvalue weighted by atomic mass is 9.88. The highest BCUT2D eigenvalue weighted by Crippen LogP contribution is 2.40. The Bertz CT molecular complexity index is 1490. The quantitative estimate of drug-likeness (QED) is 0.263. The topological polar surface area (TPSA) is 49.4 Å². The summed E-state index contributed by atoms with van der Waals surface area (Å²) in [6, 6.07) is 26.2. The molecule has 1 N–H and O–H groups in total. The Kier molecular flexibility index (Phi) is 7.47. The van der Waals surface area contributed by atoms with Gasteiger partial charge in [-0.05, 0) is 72.2 Å². The molecule has 0 bridgehead atoms. The van der Waals surface area contributed by atoms with Crippen LogP contribution in [0.5, 0.6) is 0 Å². The van der Waals surface area contributed by atoms with Gasteiger partial charge in [-0.15, -0.1) is 0 Å². The zero-order valence-electron chi connectivity index (χ0n) is 19.4. The van der Waals surface area contributed by atoms with Gasteiger partial charge in [0.2, 0.25) is 10.0 Å². The molecule has 1 heterocycles. The molecule has 5 rings (SSSR count). The smallest absolute Gasteiger partial charge is 0.241 e. The Balaban J connectivity index is 1.38. The van der Waals surface area contributed by atoms with Crippen LogP contribution in [-0.4, -0.2) is 21.5 Å². The predicted molar refractivity (Wildman–Crippen MR) is 150 cm³/mol. The van der Waals surface area contributed by atoms with Gasteiger partial charge in [-0.2, -0.15) is 0 Å². The van der Waals surface area contributed by atoms with Crippen molar-refractivity contribution in [1.29, 1.82) is 0 Å². The van der Waals surface area contributed by atoms with Crippen molar-refractivity contribution in [1.82, 2.24) is 4.72 Å². The standard InChI is InChI=1S/C28H25Cl3N2O2S/c29-21-9-12-23(13-10-21)33-18-19(8-15-27(33)25-14-11-22(30)16-26(25)31)17-32-36(34,35)28-7-3-5-20-4-1-2-6-24(20)28/h1-7,9-14,16,19,27,32H,8,15,17-18H2/t19-,27-/m0/s1. The van der Waals surface area contributed by atoms with Crippen LogP contribution in [0.25, 0.3) is 10.8 Å². The van der Waals surface area contributed by atoms with Gasteiger partial charge in [-0.25, -0.2) is 13.1 Å². The van der Waals surface area contributed by atoms with E-state index in [1.165, 1.54) is 0 Å². The molecule has 4 nitrogen and oxygen atoms in total. The van der Waals surface area contributed by atoms with Crippen LogP contribution in [-0.2, 0) is 10.0 Å². The first-order valence-electron chi connectivity index (χ1n) is 11.8. The van der Waals surface area contributed by atoms with Gasteiger partial charge >= 0.3 is 0 Å². The number of benzene rings is 4. The summed E-state index contributed by atoms with van der Waals surface area (Å²) in [5, 5.41) is 3.50. The van der Waals surface area contributed by atoms with Gasteiger partial charge < -0.3 is 4.90 Å². The molecular formula is C28H25Cl3N2O2S. The number of rotatable bonds is 6. The Morgan fingerprint density at radius 2 is 1.56 bits per heavy atom. The normalized spacial score (nSPS) is 18.5. The summed E-state index contributed by atoms with van der Waals surface area (Å²) >= 11 is 18.9. The van der Waals surface area contributed by atoms with Crippen LogP contribution in [0.4, 0.5) is 5.69 Å². The molecule has 0 spiro atoms. The van der Waals surface area contributed by atoms with E-state index in [1.54, 1.807) is 18.2 Å². The van der Waals surface area contributed by atoms with E-state index in [9.17, 15) is 8.42 Å². The second-order valence-electron chi connectivity index (χ2n) is 9.08. The lowest BCUT2D eigenvalue weighted by Crippen LogP contribution is -2.42. The average molecular weight is 560 g/mol. The highest BCUT2D eigenvalue weighted by Gasteiger charge is 2.32. The molecule has 8 heteroatoms. The Labute approximate surface area is 226 Å². The first-order valence-corrected chi connectivity index (χ1v) is 14.4. The maximum Gasteiger partial charge on any atom is 0.241 e. The molecule has 4 aromatic carbocycles. The summed E-state index contributed by atoms with van der Waals surface area (Å²) in [4.78, 5) is 2.59. The minimum Gasteiger partial charge on any atom is -0.364 e. The Hall–Kier alpha value is -2.28. The fraction of sp³-hybridized carbons (Fsp3) is 0.214. The van der Waals surface area contributed by atoms with Gasteiger partial charge in [0, 0.05) is 39.2 Å². The molecular weight excluding hydrogens is 535 g/mol. The molecule has 4 aromatic rings. The number of nitrogens with one attached hydrogen (secondary N) is 1. The van der Waals surface area contributed by atoms with Gasteiger partial charge in [0.25, 0.3) is 0 Å². The summed E-state index contributed by atoms with van der Waals surface area (Å²) < 4.78 is 29.4. The number of nitrogens with zero attached hydrogens (tertiary/aromatic N) is 1. The van der Waals surface area contributed by atoms with Gasteiger partial charge in [0.15, 0.2) is 0 Å². The van der Waals surface area contributed by atoms with Crippen LogP contribution in [0.2, 0.25) is 15.1 Å². The van der Waals surface area contributed by atoms with Gasteiger partial charge in [-0.1, -0.05) is 77.3 Å². The van der Waals surface area contributed by atoms with Crippen LogP contribution in [0.1, 0.15) is 24.4 Å². The number of fused-ring (bicyclic) bond motifs is 1. The van der Waals surface area contributed by atoms with Crippen molar-refractivity contribution >= 4 is 61.3 Å². The number of hydrogen-bond donors (Lipinski definition) is 1. The third kappa shape index (κ3) is 5.36. The number of sulfonamides is 1. The molecule has 186 valence electrons. The molecule has 0 amide bonds. The van der Waals surface area contributed by atoms with Crippen LogP contribution < -0.4 is 9.62 Å². The van der Waals surface area contributed by atoms with E-state index in [4.69, 9.17) is 34.8 Å². The highest BCUT2D eigenvalue weighted by molar-refractivity contribution is 7.89. The van der Waals surface area contributed by atoms with Crippen LogP contribution in [0.15, 0.2) is 89.8 Å². The Morgan fingerprint density at radius 1 is 0.833 bits per heavy atom. The molecule has 0 unspecified atom stereocenters. The third-order valence-electron chi connectivity index (χ3n) is 6.76. The predicted octanol–water partition coefficient (Wildman–Crippen LogP) is 7.74. The third-order valence-corrected chi connectivity index (χ3v) is 9.06. The fourth-order valence-electron chi connectivity index (χ4n) is 4.96. The molecule has 1 aliphatic rings. The molecule has 1 saturated heterocycles. The van der Waals surface area contributed by atoms with Crippen molar-refractivity contribution in [3.05, 3.63) is 106 Å². The molecule has 2 atom stereocenters. The monoisotopic (exact) mass is 558 g/mol. The molecule has 1 fully saturated rings. The summed E-state index contributed by atoms with van der Waals surface area (Å²) in [5.41, 5.74) is 2.02. The number of halogens is 3. The van der Waals surface area contributed by atoms with Crippen LogP contribution >= 0.6 is 34.8 Å². The second-order valence-corrected chi connectivity index (χ2v) is 12.1. The summed E-state index contributed by atoms with van der Waals surface area (Å²) in [6.07, 6.45) is 1.68. The Morgan fingerprint density at radius 3 is 2.33 bits per heavy atom. The van der Waals surface area contributed by atoms with E-state index in [1.807, 2.05) is 66.7 Å². The molecule has 0 aromatic heterocycles. The van der Waals surface area contributed by atoms with E-state index in [-0.39, 0.29) is 12.0 Å². The van der Waals surface area contributed by atoms with Crippen LogP contribution in [0, 0.1) is 5.92 Å². The summed E-state index contributed by atoms with van der Waals surface area (Å²) in [6.45, 7) is 1.01. The SMILES string of the molecule is O=S(=O)(NC[C@@H]1CC[C@@H](c2ccc(Cl)cc2Cl)N(c2ccc(Cl)cc2)C1)c1cccc2ccccc12. The minimum atomic E-state index is -3.67. The first kappa shape index (κ1) is 25.4. The zero-order chi connectivity index (χ0) is 25.3. The maximum atomic E-state index is 13.3. The first-order chi connectivity index (χ1) is 17.3. The van der Waals surface area contributed by atoms with Crippen molar-refractivity contribution in [2.24, 2.45) is 5.92 Å². The molecule has 0 saturated carbocycles. The average Bonchev–Trinajstić information content (AvgIpc) is 2.88. The maximum absolute atomic E-state index is 13.3. The highest BCUT2D eigenvalue weighted by atomic mass is 35.5. The van der Waals surface area contributed by atoms with Crippen molar-refractivity contribution in [2.45, 2.75) is 23.8 Å². The summed E-state index contributed by atoms with van der Waals surface area (Å²) in [5.74, 6) is 0.118. The second kappa shape index (κ2) is 10.6. The van der Waals surface area contributed by atoms with Gasteiger partial charge in [-0.3, -0.25) is 0 Å². The molecule has 0 aliphatic carbocycles. The number of piperidine rings is 1. The van der Waals surface area contributed by atoms with Crippen molar-refractivity contribution < 1.29 is 8.42 Å². The molecule has 1 aliphatic heterocycles. The van der Waals surface area contributed by atoms with Gasteiger partial charge in [0.05, 0.1) is 10.9 Å². The fourth-order valence-corrected chi connectivity index (χ4v) is 6.97. The largest absolute Gasteiger partial charge is 0.364 e. The van der Waals surface area contributed by atoms with Crippen LogP contribution in [0.3, 0.4) is 0 Å². The van der Waals surface area contributed by atoms with Gasteiger partial charge in [0.1, 0.15) is 0 Å². The lowest BCUT2D eigenvalue weighted by Gasteiger charge is -2.42. The molecule has 0 radical (unpaired) electrons. The molecule has 36 heavy (non-hydrogen) atoms. The van der Waals surface area contributed by atoms with E-state index >= 15 is 0 Å². The number of anilines is 1. The van der Waals surface area contributed by atoms with E-state index in [0.717, 1.165) is 34.9 Å². The van der Waals surface area contributed by atoms with E-state index in [2.05, 4.69) is 9.62 Å². The van der Waals surface area contributed by atoms with Crippen molar-refractivity contribution in [2.75, 3.05) is 18.0 Å². The minimum absolute atomic E-state index is 0.0434.